The Morgan fingerprint density at radius 3 is 2.49 bits per heavy atom. The van der Waals surface area contributed by atoms with Crippen LogP contribution >= 0.6 is 0 Å². The van der Waals surface area contributed by atoms with Gasteiger partial charge in [0.25, 0.3) is 0 Å². The van der Waals surface area contributed by atoms with Crippen molar-refractivity contribution in [1.82, 2.24) is 0 Å². The fourth-order valence-electron chi connectivity index (χ4n) is 5.95. The summed E-state index contributed by atoms with van der Waals surface area (Å²) in [5, 5.41) is 53.3. The van der Waals surface area contributed by atoms with Gasteiger partial charge in [-0.15, -0.1) is 0 Å². The maximum Gasteiger partial charge on any atom is 0.205 e. The van der Waals surface area contributed by atoms with Gasteiger partial charge in [0, 0.05) is 29.0 Å². The van der Waals surface area contributed by atoms with Crippen molar-refractivity contribution in [2.75, 3.05) is 7.11 Å². The number of methoxy groups -OCH3 is 1. The molecule has 10 nitrogen and oxygen atoms in total. The number of carbonyl (C=O) groups excluding carboxylic acids is 3. The van der Waals surface area contributed by atoms with Crippen molar-refractivity contribution in [3.8, 4) is 22.6 Å². The average Bonchev–Trinajstić information content (AvgIpc) is 2.85. The van der Waals surface area contributed by atoms with Gasteiger partial charge in [-0.3, -0.25) is 14.4 Å². The van der Waals surface area contributed by atoms with Gasteiger partial charge in [-0.1, -0.05) is 6.07 Å². The second kappa shape index (κ2) is 8.55. The van der Waals surface area contributed by atoms with Crippen molar-refractivity contribution >= 4 is 17.9 Å². The number of hydrogen-bond acceptors (Lipinski definition) is 10. The summed E-state index contributed by atoms with van der Waals surface area (Å²) in [6, 6.07) is 7.73. The second-order valence-corrected chi connectivity index (χ2v) is 9.59. The number of aldehydes is 1. The molecule has 0 saturated heterocycles. The van der Waals surface area contributed by atoms with Gasteiger partial charge in [-0.25, -0.2) is 0 Å². The molecule has 5 rings (SSSR count). The highest BCUT2D eigenvalue weighted by Crippen LogP contribution is 2.52. The number of carbonyl (C=O) groups is 3. The van der Waals surface area contributed by atoms with Crippen LogP contribution in [0.5, 0.6) is 11.5 Å². The van der Waals surface area contributed by atoms with Crippen LogP contribution in [-0.4, -0.2) is 62.3 Å². The third-order valence-electron chi connectivity index (χ3n) is 7.68. The van der Waals surface area contributed by atoms with Gasteiger partial charge < -0.3 is 36.0 Å². The van der Waals surface area contributed by atoms with Crippen molar-refractivity contribution in [3.05, 3.63) is 69.7 Å². The molecule has 7 N–H and O–H groups in total. The van der Waals surface area contributed by atoms with Crippen LogP contribution in [0.25, 0.3) is 11.1 Å². The molecule has 3 aliphatic rings. The molecule has 0 saturated carbocycles. The van der Waals surface area contributed by atoms with Crippen LogP contribution in [0.2, 0.25) is 0 Å². The highest BCUT2D eigenvalue weighted by molar-refractivity contribution is 6.16. The SMILES string of the molecule is COc1ccc(C=O)cc1-c1ccc(O)c2c1C[C@H]1C[C@H]3CC(O)=C(C(N)O)C(=O)[C@@]3(O)C(O)=C1C2=O. The molecule has 4 atom stereocenters. The maximum absolute atomic E-state index is 13.7. The molecule has 2 aromatic carbocycles. The van der Waals surface area contributed by atoms with E-state index in [1.807, 2.05) is 0 Å². The number of ether oxygens (including phenoxy) is 1. The highest BCUT2D eigenvalue weighted by Gasteiger charge is 2.59. The van der Waals surface area contributed by atoms with Crippen LogP contribution in [-0.2, 0) is 11.2 Å². The number of nitrogens with two attached hydrogens (primary N) is 1. The molecule has 0 heterocycles. The molecular formula is C27H25NO9. The molecule has 0 spiro atoms. The van der Waals surface area contributed by atoms with Gasteiger partial charge >= 0.3 is 0 Å². The van der Waals surface area contributed by atoms with Crippen LogP contribution in [0.3, 0.4) is 0 Å². The molecule has 0 bridgehead atoms. The summed E-state index contributed by atoms with van der Waals surface area (Å²) in [5.74, 6) is -4.85. The zero-order valence-corrected chi connectivity index (χ0v) is 19.8. The summed E-state index contributed by atoms with van der Waals surface area (Å²) >= 11 is 0. The van der Waals surface area contributed by atoms with Crippen LogP contribution in [0.4, 0.5) is 0 Å². The van der Waals surface area contributed by atoms with Gasteiger partial charge in [0.1, 0.15) is 35.5 Å². The number of rotatable bonds is 4. The Balaban J connectivity index is 1.70. The van der Waals surface area contributed by atoms with Crippen LogP contribution in [0.1, 0.15) is 39.1 Å². The van der Waals surface area contributed by atoms with Crippen molar-refractivity contribution in [1.29, 1.82) is 0 Å². The predicted molar refractivity (Wildman–Crippen MR) is 129 cm³/mol. The lowest BCUT2D eigenvalue weighted by atomic mass is 9.60. The third kappa shape index (κ3) is 3.41. The topological polar surface area (TPSA) is 188 Å². The Labute approximate surface area is 210 Å². The molecule has 1 unspecified atom stereocenters. The summed E-state index contributed by atoms with van der Waals surface area (Å²) in [6.45, 7) is 0. The van der Waals surface area contributed by atoms with E-state index in [2.05, 4.69) is 0 Å². The minimum Gasteiger partial charge on any atom is -0.512 e. The van der Waals surface area contributed by atoms with E-state index in [4.69, 9.17) is 10.5 Å². The number of phenolic OH excluding ortho intramolecular Hbond substituents is 1. The van der Waals surface area contributed by atoms with Gasteiger partial charge in [-0.2, -0.15) is 0 Å². The number of hydrogen-bond donors (Lipinski definition) is 6. The highest BCUT2D eigenvalue weighted by atomic mass is 16.5. The number of benzene rings is 2. The number of aliphatic hydroxyl groups excluding tert-OH is 3. The first-order valence-electron chi connectivity index (χ1n) is 11.6. The van der Waals surface area contributed by atoms with Crippen LogP contribution < -0.4 is 10.5 Å². The summed E-state index contributed by atoms with van der Waals surface area (Å²) in [4.78, 5) is 38.2. The Morgan fingerprint density at radius 2 is 1.84 bits per heavy atom. The van der Waals surface area contributed by atoms with E-state index in [0.29, 0.717) is 34.3 Å². The largest absolute Gasteiger partial charge is 0.512 e. The number of Topliss-reactive ketones (excluding diaryl/α,β-unsaturated/α-hetero) is 2. The molecule has 0 amide bonds. The molecule has 37 heavy (non-hydrogen) atoms. The van der Waals surface area contributed by atoms with Gasteiger partial charge in [0.2, 0.25) is 5.78 Å². The van der Waals surface area contributed by atoms with E-state index in [9.17, 15) is 39.9 Å². The molecule has 0 aromatic heterocycles. The lowest BCUT2D eigenvalue weighted by Crippen LogP contribution is -2.57. The minimum atomic E-state index is -2.56. The van der Waals surface area contributed by atoms with E-state index >= 15 is 0 Å². The molecule has 0 fully saturated rings. The lowest BCUT2D eigenvalue weighted by molar-refractivity contribution is -0.144. The summed E-state index contributed by atoms with van der Waals surface area (Å²) in [7, 11) is 1.46. The van der Waals surface area contributed by atoms with E-state index in [1.54, 1.807) is 24.3 Å². The molecular weight excluding hydrogens is 482 g/mol. The average molecular weight is 507 g/mol. The predicted octanol–water partition coefficient (Wildman–Crippen LogP) is 1.86. The quantitative estimate of drug-likeness (QED) is 0.263. The number of fused-ring (bicyclic) bond motifs is 3. The number of allylic oxidation sites excluding steroid dienone is 2. The van der Waals surface area contributed by atoms with Crippen molar-refractivity contribution < 1.29 is 44.7 Å². The molecule has 3 aliphatic carbocycles. The van der Waals surface area contributed by atoms with E-state index in [0.717, 1.165) is 0 Å². The fraction of sp³-hybridized carbons (Fsp3) is 0.296. The van der Waals surface area contributed by atoms with Gasteiger partial charge in [0.05, 0.1) is 18.2 Å². The van der Waals surface area contributed by atoms with Crippen molar-refractivity contribution in [3.63, 3.8) is 0 Å². The first-order chi connectivity index (χ1) is 17.5. The van der Waals surface area contributed by atoms with Crippen LogP contribution in [0.15, 0.2) is 53.0 Å². The monoisotopic (exact) mass is 507 g/mol. The summed E-state index contributed by atoms with van der Waals surface area (Å²) in [5.41, 5.74) is 3.80. The summed E-state index contributed by atoms with van der Waals surface area (Å²) < 4.78 is 5.46. The Bertz CT molecular complexity index is 1440. The number of aromatic hydroxyl groups is 1. The third-order valence-corrected chi connectivity index (χ3v) is 7.68. The Morgan fingerprint density at radius 1 is 1.11 bits per heavy atom. The minimum absolute atomic E-state index is 0.0471. The van der Waals surface area contributed by atoms with E-state index in [1.165, 1.54) is 13.2 Å². The molecule has 10 heteroatoms. The standard InChI is InChI=1S/C27H25NO9/c1-37-19-5-2-11(10-29)6-15(19)14-3-4-17(30)21-16(14)8-12-7-13-9-18(31)22(26(28)35)25(34)27(13,36)24(33)20(12)23(21)32/h2-6,10,12-13,26,30-31,33,35-36H,7-9,28H2,1H3/t12-,13+,26?,27+/m1/s1. The smallest absolute Gasteiger partial charge is 0.205 e. The first-order valence-corrected chi connectivity index (χ1v) is 11.6. The molecule has 192 valence electrons. The number of phenols is 1. The molecule has 2 aromatic rings. The zero-order chi connectivity index (χ0) is 26.8. The Hall–Kier alpha value is -3.99. The first kappa shape index (κ1) is 24.7. The van der Waals surface area contributed by atoms with Gasteiger partial charge in [0.15, 0.2) is 11.4 Å². The maximum atomic E-state index is 13.7. The van der Waals surface area contributed by atoms with Crippen molar-refractivity contribution in [2.24, 2.45) is 17.6 Å². The zero-order valence-electron chi connectivity index (χ0n) is 19.8. The Kier molecular flexibility index (Phi) is 5.70. The normalized spacial score (nSPS) is 25.8. The number of ketones is 2. The van der Waals surface area contributed by atoms with E-state index < -0.39 is 52.3 Å². The molecule has 0 radical (unpaired) electrons. The van der Waals surface area contributed by atoms with Crippen molar-refractivity contribution in [2.45, 2.75) is 31.1 Å². The lowest BCUT2D eigenvalue weighted by Gasteiger charge is -2.46. The van der Waals surface area contributed by atoms with E-state index in [-0.39, 0.29) is 36.1 Å². The summed E-state index contributed by atoms with van der Waals surface area (Å²) in [6.07, 6.45) is -1.27. The van der Waals surface area contributed by atoms with Gasteiger partial charge in [-0.05, 0) is 54.2 Å². The second-order valence-electron chi connectivity index (χ2n) is 9.59. The van der Waals surface area contributed by atoms with Crippen LogP contribution in [0, 0.1) is 11.8 Å². The molecule has 0 aliphatic heterocycles. The number of aliphatic hydroxyl groups is 4. The fourth-order valence-corrected chi connectivity index (χ4v) is 5.95.